The van der Waals surface area contributed by atoms with Crippen LogP contribution in [0, 0.1) is 11.8 Å². The van der Waals surface area contributed by atoms with E-state index in [1.54, 1.807) is 30.3 Å². The number of nitrogens with two attached hydrogens (primary N) is 3. The molecule has 1 amide bonds. The summed E-state index contributed by atoms with van der Waals surface area (Å²) in [7, 11) is -4.47. The molecule has 3 rings (SSSR count). The third kappa shape index (κ3) is 4.95. The number of phenolic OH excluding ortho intramolecular Hbond substituents is 1. The quantitative estimate of drug-likeness (QED) is 0.280. The van der Waals surface area contributed by atoms with Crippen molar-refractivity contribution < 1.29 is 28.2 Å². The number of hydrogen-bond acceptors (Lipinski definition) is 6. The molecule has 8 N–H and O–H groups in total. The van der Waals surface area contributed by atoms with Crippen molar-refractivity contribution in [1.82, 2.24) is 0 Å². The lowest BCUT2D eigenvalue weighted by Crippen LogP contribution is -2.24. The number of amides is 1. The molecule has 0 atom stereocenters. The molecule has 0 aromatic heterocycles. The summed E-state index contributed by atoms with van der Waals surface area (Å²) in [6.45, 7) is 0. The molecule has 0 spiro atoms. The smallest absolute Gasteiger partial charge is 0.336 e. The Morgan fingerprint density at radius 3 is 2.27 bits per heavy atom. The Balaban J connectivity index is 2.25. The number of primary amides is 1. The lowest BCUT2D eigenvalue weighted by Gasteiger charge is -2.15. The molecular weight excluding hydrogens is 446 g/mol. The molecule has 0 unspecified atom stereocenters. The SMILES string of the molecule is NC(=O)c1c(N)c(-c2ccccc2)cc(C#CCc2cc(O)ccc2C(=O)O)c1S(N)(=O)=O. The van der Waals surface area contributed by atoms with E-state index in [0.29, 0.717) is 11.1 Å². The van der Waals surface area contributed by atoms with Crippen LogP contribution in [-0.4, -0.2) is 30.5 Å². The molecular formula is C23H19N3O6S. The first-order valence-electron chi connectivity index (χ1n) is 9.39. The molecule has 3 aromatic rings. The number of rotatable bonds is 5. The minimum absolute atomic E-state index is 0.0751. The number of sulfonamides is 1. The number of carbonyl (C=O) groups is 2. The number of nitrogen functional groups attached to an aromatic ring is 1. The number of aromatic carboxylic acids is 1. The first kappa shape index (κ1) is 23.3. The second kappa shape index (κ2) is 9.04. The van der Waals surface area contributed by atoms with Crippen molar-refractivity contribution in [2.45, 2.75) is 11.3 Å². The Morgan fingerprint density at radius 2 is 1.70 bits per heavy atom. The standard InChI is InChI=1S/C23H19N3O6S/c24-20-18(13-5-2-1-3-6-13)12-15(21(33(26,31)32)19(20)22(25)28)8-4-7-14-11-16(27)9-10-17(14)23(29)30/h1-3,5-6,9-12,27H,7,24H2,(H2,25,28)(H,29,30)(H2,26,31,32). The maximum absolute atomic E-state index is 12.3. The van der Waals surface area contributed by atoms with Crippen molar-refractivity contribution in [2.24, 2.45) is 10.9 Å². The molecule has 0 radical (unpaired) electrons. The van der Waals surface area contributed by atoms with Crippen molar-refractivity contribution in [3.8, 4) is 28.7 Å². The van der Waals surface area contributed by atoms with E-state index in [4.69, 9.17) is 16.6 Å². The average molecular weight is 465 g/mol. The van der Waals surface area contributed by atoms with E-state index in [-0.39, 0.29) is 34.5 Å². The summed E-state index contributed by atoms with van der Waals surface area (Å²) in [5, 5.41) is 24.3. The fourth-order valence-electron chi connectivity index (χ4n) is 3.34. The van der Waals surface area contributed by atoms with E-state index < -0.39 is 32.4 Å². The van der Waals surface area contributed by atoms with Crippen molar-refractivity contribution in [2.75, 3.05) is 5.73 Å². The first-order chi connectivity index (χ1) is 15.5. The van der Waals surface area contributed by atoms with Gasteiger partial charge in [0.25, 0.3) is 5.91 Å². The summed E-state index contributed by atoms with van der Waals surface area (Å²) in [6.07, 6.45) is -0.142. The van der Waals surface area contributed by atoms with Crippen molar-refractivity contribution in [3.63, 3.8) is 0 Å². The molecule has 168 valence electrons. The van der Waals surface area contributed by atoms with Gasteiger partial charge in [0.05, 0.1) is 16.8 Å². The molecule has 0 aliphatic heterocycles. The molecule has 0 fully saturated rings. The van der Waals surface area contributed by atoms with Gasteiger partial charge in [-0.2, -0.15) is 0 Å². The van der Waals surface area contributed by atoms with Gasteiger partial charge < -0.3 is 21.7 Å². The van der Waals surface area contributed by atoms with E-state index in [0.717, 1.165) is 0 Å². The fourth-order valence-corrected chi connectivity index (χ4v) is 4.25. The zero-order chi connectivity index (χ0) is 24.3. The second-order valence-electron chi connectivity index (χ2n) is 6.99. The topological polar surface area (TPSA) is 187 Å². The van der Waals surface area contributed by atoms with Gasteiger partial charge in [0, 0.05) is 17.5 Å². The zero-order valence-corrected chi connectivity index (χ0v) is 17.9. The van der Waals surface area contributed by atoms with Gasteiger partial charge in [-0.1, -0.05) is 42.2 Å². The molecule has 0 heterocycles. The van der Waals surface area contributed by atoms with Gasteiger partial charge >= 0.3 is 5.97 Å². The Labute approximate surface area is 189 Å². The van der Waals surface area contributed by atoms with Crippen LogP contribution in [0.25, 0.3) is 11.1 Å². The van der Waals surface area contributed by atoms with E-state index in [2.05, 4.69) is 11.8 Å². The summed E-state index contributed by atoms with van der Waals surface area (Å²) >= 11 is 0. The number of carboxylic acids is 1. The summed E-state index contributed by atoms with van der Waals surface area (Å²) in [4.78, 5) is 23.0. The lowest BCUT2D eigenvalue weighted by molar-refractivity contribution is 0.0695. The van der Waals surface area contributed by atoms with Gasteiger partial charge in [-0.15, -0.1) is 0 Å². The van der Waals surface area contributed by atoms with Crippen molar-refractivity contribution >= 4 is 27.6 Å². The summed E-state index contributed by atoms with van der Waals surface area (Å²) in [5.41, 5.74) is 11.8. The number of benzene rings is 3. The third-order valence-corrected chi connectivity index (χ3v) is 5.75. The molecule has 0 saturated heterocycles. The fraction of sp³-hybridized carbons (Fsp3) is 0.0435. The summed E-state index contributed by atoms with van der Waals surface area (Å²) in [5.74, 6) is 2.85. The number of phenols is 1. The van der Waals surface area contributed by atoms with E-state index in [1.165, 1.54) is 24.3 Å². The van der Waals surface area contributed by atoms with Crippen LogP contribution in [-0.2, 0) is 16.4 Å². The van der Waals surface area contributed by atoms with Crippen LogP contribution < -0.4 is 16.6 Å². The van der Waals surface area contributed by atoms with Crippen molar-refractivity contribution in [3.05, 3.63) is 76.9 Å². The number of primary sulfonamides is 1. The molecule has 0 saturated carbocycles. The molecule has 9 nitrogen and oxygen atoms in total. The van der Waals surface area contributed by atoms with Crippen LogP contribution in [0.15, 0.2) is 59.5 Å². The molecule has 0 aliphatic rings. The number of hydrogen-bond donors (Lipinski definition) is 5. The summed E-state index contributed by atoms with van der Waals surface area (Å²) < 4.78 is 24.7. The monoisotopic (exact) mass is 465 g/mol. The number of anilines is 1. The highest BCUT2D eigenvalue weighted by Crippen LogP contribution is 2.35. The van der Waals surface area contributed by atoms with Crippen LogP contribution in [0.5, 0.6) is 5.75 Å². The average Bonchev–Trinajstić information content (AvgIpc) is 2.73. The van der Waals surface area contributed by atoms with Gasteiger partial charge in [-0.05, 0) is 35.4 Å². The predicted molar refractivity (Wildman–Crippen MR) is 122 cm³/mol. The van der Waals surface area contributed by atoms with E-state index in [1.807, 2.05) is 0 Å². The highest BCUT2D eigenvalue weighted by molar-refractivity contribution is 7.89. The minimum atomic E-state index is -4.47. The summed E-state index contributed by atoms with van der Waals surface area (Å²) in [6, 6.07) is 13.7. The third-order valence-electron chi connectivity index (χ3n) is 4.76. The molecule has 0 aliphatic carbocycles. The van der Waals surface area contributed by atoms with Crippen LogP contribution in [0.3, 0.4) is 0 Å². The Hall–Kier alpha value is -4.33. The highest BCUT2D eigenvalue weighted by Gasteiger charge is 2.27. The highest BCUT2D eigenvalue weighted by atomic mass is 32.2. The molecule has 33 heavy (non-hydrogen) atoms. The van der Waals surface area contributed by atoms with Crippen molar-refractivity contribution in [1.29, 1.82) is 0 Å². The van der Waals surface area contributed by atoms with Gasteiger partial charge in [-0.25, -0.2) is 18.4 Å². The zero-order valence-electron chi connectivity index (χ0n) is 17.1. The largest absolute Gasteiger partial charge is 0.508 e. The Morgan fingerprint density at radius 1 is 1.03 bits per heavy atom. The molecule has 3 aromatic carbocycles. The van der Waals surface area contributed by atoms with Gasteiger partial charge in [0.2, 0.25) is 10.0 Å². The maximum Gasteiger partial charge on any atom is 0.336 e. The van der Waals surface area contributed by atoms with Gasteiger partial charge in [0.1, 0.15) is 10.6 Å². The van der Waals surface area contributed by atoms with Crippen LogP contribution in [0.2, 0.25) is 0 Å². The lowest BCUT2D eigenvalue weighted by atomic mass is 9.96. The Kier molecular flexibility index (Phi) is 6.39. The Bertz CT molecular complexity index is 1440. The number of carboxylic acid groups (broad SMARTS) is 1. The maximum atomic E-state index is 12.3. The molecule has 0 bridgehead atoms. The van der Waals surface area contributed by atoms with E-state index in [9.17, 15) is 28.2 Å². The van der Waals surface area contributed by atoms with Crippen LogP contribution in [0.1, 0.15) is 31.8 Å². The molecule has 10 heteroatoms. The van der Waals surface area contributed by atoms with Gasteiger partial charge in [-0.3, -0.25) is 4.79 Å². The van der Waals surface area contributed by atoms with Crippen LogP contribution >= 0.6 is 0 Å². The predicted octanol–water partition coefficient (Wildman–Crippen LogP) is 1.68. The normalized spacial score (nSPS) is 10.8. The second-order valence-corrected chi connectivity index (χ2v) is 8.49. The minimum Gasteiger partial charge on any atom is -0.508 e. The first-order valence-corrected chi connectivity index (χ1v) is 10.9. The van der Waals surface area contributed by atoms with Gasteiger partial charge in [0.15, 0.2) is 0 Å². The van der Waals surface area contributed by atoms with Crippen LogP contribution in [0.4, 0.5) is 5.69 Å². The number of carbonyl (C=O) groups excluding carboxylic acids is 1. The van der Waals surface area contributed by atoms with E-state index >= 15 is 0 Å². The number of aromatic hydroxyl groups is 1.